The second-order valence-electron chi connectivity index (χ2n) is 11.5. The molecule has 9 heteroatoms. The largest absolute Gasteiger partial charge is 0.493 e. The summed E-state index contributed by atoms with van der Waals surface area (Å²) in [6, 6.07) is 21.4. The van der Waals surface area contributed by atoms with Gasteiger partial charge in [-0.05, 0) is 91.9 Å². The number of carbonyl (C=O) groups excluding carboxylic acids is 2. The lowest BCUT2D eigenvalue weighted by Gasteiger charge is -2.27. The molecule has 1 aromatic heterocycles. The molecule has 3 heterocycles. The van der Waals surface area contributed by atoms with Gasteiger partial charge in [0.05, 0.1) is 25.6 Å². The van der Waals surface area contributed by atoms with Gasteiger partial charge in [-0.25, -0.2) is 4.68 Å². The first-order valence-corrected chi connectivity index (χ1v) is 15.1. The summed E-state index contributed by atoms with van der Waals surface area (Å²) < 4.78 is 18.6. The van der Waals surface area contributed by atoms with E-state index in [1.165, 1.54) is 0 Å². The highest BCUT2D eigenvalue weighted by atomic mass is 16.5. The predicted octanol–water partition coefficient (Wildman–Crippen LogP) is 6.02. The van der Waals surface area contributed by atoms with Crippen LogP contribution in [0.3, 0.4) is 0 Å². The quantitative estimate of drug-likeness (QED) is 0.176. The number of methoxy groups -OCH3 is 2. The number of hydrogen-bond acceptors (Lipinski definition) is 7. The molecule has 0 spiro atoms. The summed E-state index contributed by atoms with van der Waals surface area (Å²) in [5, 5.41) is 15.0. The number of benzene rings is 3. The minimum absolute atomic E-state index is 0.0605. The van der Waals surface area contributed by atoms with E-state index in [-0.39, 0.29) is 23.8 Å². The molecule has 0 aliphatic carbocycles. The zero-order valence-corrected chi connectivity index (χ0v) is 26.5. The van der Waals surface area contributed by atoms with Gasteiger partial charge in [-0.3, -0.25) is 14.5 Å². The van der Waals surface area contributed by atoms with E-state index in [1.807, 2.05) is 74.6 Å². The Morgan fingerprint density at radius 1 is 1.02 bits per heavy atom. The molecule has 2 amide bonds. The molecule has 0 saturated carbocycles. The van der Waals surface area contributed by atoms with Crippen LogP contribution in [-0.2, 0) is 22.4 Å². The minimum atomic E-state index is -0.605. The lowest BCUT2D eigenvalue weighted by molar-refractivity contribution is -0.140. The molecule has 2 aliphatic rings. The third kappa shape index (κ3) is 5.54. The number of amides is 2. The molecular formula is C37H34N4O5. The van der Waals surface area contributed by atoms with E-state index in [0.29, 0.717) is 34.8 Å². The highest BCUT2D eigenvalue weighted by molar-refractivity contribution is 6.19. The van der Waals surface area contributed by atoms with Crippen LogP contribution in [0.25, 0.3) is 23.0 Å². The van der Waals surface area contributed by atoms with Gasteiger partial charge in [0.2, 0.25) is 0 Å². The lowest BCUT2D eigenvalue weighted by atomic mass is 9.92. The van der Waals surface area contributed by atoms with Gasteiger partial charge >= 0.3 is 0 Å². The van der Waals surface area contributed by atoms with Crippen molar-refractivity contribution >= 4 is 17.9 Å². The van der Waals surface area contributed by atoms with Crippen LogP contribution in [0.4, 0.5) is 0 Å². The normalized spacial score (nSPS) is 16.8. The number of aryl methyl sites for hydroxylation is 1. The van der Waals surface area contributed by atoms with Gasteiger partial charge in [-0.15, -0.1) is 0 Å². The Morgan fingerprint density at radius 3 is 2.50 bits per heavy atom. The number of nitrogens with zero attached hydrogens (tertiary/aromatic N) is 4. The van der Waals surface area contributed by atoms with E-state index in [4.69, 9.17) is 19.3 Å². The monoisotopic (exact) mass is 614 g/mol. The molecule has 0 unspecified atom stereocenters. The Bertz CT molecular complexity index is 1970. The third-order valence-corrected chi connectivity index (χ3v) is 8.41. The van der Waals surface area contributed by atoms with E-state index in [2.05, 4.69) is 6.07 Å². The number of para-hydroxylation sites is 1. The number of fused-ring (bicyclic) bond motifs is 1. The molecule has 0 radical (unpaired) electrons. The molecule has 0 fully saturated rings. The maximum Gasteiger partial charge on any atom is 0.271 e. The van der Waals surface area contributed by atoms with Crippen molar-refractivity contribution in [1.29, 1.82) is 5.26 Å². The number of nitriles is 1. The number of carbonyl (C=O) groups is 2. The Kier molecular flexibility index (Phi) is 8.20. The van der Waals surface area contributed by atoms with Gasteiger partial charge < -0.3 is 14.2 Å². The molecule has 3 aromatic carbocycles. The SMILES string of the molecule is COc1ccc(CCN2C(=O)C(C#N)=C(C)/C(=C/c3cn(-c4ccccc4)nc3-c3cc(C)c4c(c3)C[C@@H](C)O4)C2=O)cc1OC. The van der Waals surface area contributed by atoms with Crippen molar-refractivity contribution in [2.75, 3.05) is 20.8 Å². The zero-order valence-electron chi connectivity index (χ0n) is 26.5. The summed E-state index contributed by atoms with van der Waals surface area (Å²) in [7, 11) is 3.11. The Labute approximate surface area is 267 Å². The van der Waals surface area contributed by atoms with Crippen LogP contribution in [0.1, 0.15) is 36.1 Å². The minimum Gasteiger partial charge on any atom is -0.493 e. The van der Waals surface area contributed by atoms with Crippen molar-refractivity contribution in [2.45, 2.75) is 39.7 Å². The molecule has 0 N–H and O–H groups in total. The van der Waals surface area contributed by atoms with E-state index in [1.54, 1.807) is 38.0 Å². The first kappa shape index (κ1) is 30.4. The highest BCUT2D eigenvalue weighted by Gasteiger charge is 2.35. The number of aromatic nitrogens is 2. The van der Waals surface area contributed by atoms with Crippen molar-refractivity contribution in [3.63, 3.8) is 0 Å². The van der Waals surface area contributed by atoms with Crippen molar-refractivity contribution < 1.29 is 23.8 Å². The van der Waals surface area contributed by atoms with Crippen molar-refractivity contribution in [2.24, 2.45) is 0 Å². The van der Waals surface area contributed by atoms with Crippen LogP contribution in [-0.4, -0.2) is 53.4 Å². The zero-order chi connectivity index (χ0) is 32.5. The first-order chi connectivity index (χ1) is 22.2. The Hall–Kier alpha value is -5.62. The van der Waals surface area contributed by atoms with Crippen LogP contribution < -0.4 is 14.2 Å². The van der Waals surface area contributed by atoms with Gasteiger partial charge in [-0.1, -0.05) is 24.3 Å². The van der Waals surface area contributed by atoms with Gasteiger partial charge in [0.25, 0.3) is 11.8 Å². The van der Waals surface area contributed by atoms with Gasteiger partial charge in [0.1, 0.15) is 23.5 Å². The summed E-state index contributed by atoms with van der Waals surface area (Å²) in [6.07, 6.45) is 4.87. The lowest BCUT2D eigenvalue weighted by Crippen LogP contribution is -2.43. The average Bonchev–Trinajstić information content (AvgIpc) is 3.66. The fraction of sp³-hybridized carbons (Fsp3) is 0.243. The molecular weight excluding hydrogens is 580 g/mol. The summed E-state index contributed by atoms with van der Waals surface area (Å²) in [4.78, 5) is 28.6. The second-order valence-corrected chi connectivity index (χ2v) is 11.5. The van der Waals surface area contributed by atoms with Gasteiger partial charge in [0, 0.05) is 35.9 Å². The molecule has 1 atom stereocenters. The van der Waals surface area contributed by atoms with Crippen molar-refractivity contribution in [3.05, 3.63) is 106 Å². The molecule has 6 rings (SSSR count). The number of rotatable bonds is 8. The molecule has 4 aromatic rings. The molecule has 9 nitrogen and oxygen atoms in total. The van der Waals surface area contributed by atoms with E-state index < -0.39 is 11.8 Å². The number of hydrogen-bond donors (Lipinski definition) is 0. The van der Waals surface area contributed by atoms with E-state index in [9.17, 15) is 14.9 Å². The first-order valence-electron chi connectivity index (χ1n) is 15.1. The third-order valence-electron chi connectivity index (χ3n) is 8.41. The van der Waals surface area contributed by atoms with Crippen LogP contribution in [0.15, 0.2) is 83.6 Å². The molecule has 232 valence electrons. The van der Waals surface area contributed by atoms with Crippen LogP contribution in [0.5, 0.6) is 17.2 Å². The van der Waals surface area contributed by atoms with E-state index in [0.717, 1.165) is 45.0 Å². The van der Waals surface area contributed by atoms with Gasteiger partial charge in [-0.2, -0.15) is 10.4 Å². The van der Waals surface area contributed by atoms with Crippen LogP contribution >= 0.6 is 0 Å². The molecule has 2 aliphatic heterocycles. The standard InChI is InChI=1S/C37H34N4O5/c1-22-15-26(18-27-16-23(2)46-35(22)27)34-28(21-41(39-34)29-9-7-6-8-10-29)19-30-24(3)31(20-38)37(43)40(36(30)42)14-13-25-11-12-32(44-4)33(17-25)45-5/h6-12,15,17-19,21,23H,13-14,16H2,1-5H3/b30-19-/t23-/m1/s1. The molecule has 0 bridgehead atoms. The highest BCUT2D eigenvalue weighted by Crippen LogP contribution is 2.38. The average molecular weight is 615 g/mol. The molecule has 46 heavy (non-hydrogen) atoms. The van der Waals surface area contributed by atoms with Crippen LogP contribution in [0, 0.1) is 18.3 Å². The van der Waals surface area contributed by atoms with Crippen molar-refractivity contribution in [1.82, 2.24) is 14.7 Å². The maximum atomic E-state index is 14.0. The summed E-state index contributed by atoms with van der Waals surface area (Å²) in [5.74, 6) is 0.969. The second kappa shape index (κ2) is 12.4. The van der Waals surface area contributed by atoms with Crippen molar-refractivity contribution in [3.8, 4) is 40.3 Å². The summed E-state index contributed by atoms with van der Waals surface area (Å²) in [5.41, 5.74) is 6.63. The molecule has 0 saturated heterocycles. The maximum absolute atomic E-state index is 14.0. The predicted molar refractivity (Wildman–Crippen MR) is 174 cm³/mol. The number of ether oxygens (including phenoxy) is 3. The van der Waals surface area contributed by atoms with Gasteiger partial charge in [0.15, 0.2) is 11.5 Å². The summed E-state index contributed by atoms with van der Waals surface area (Å²) in [6.45, 7) is 5.80. The topological polar surface area (TPSA) is 107 Å². The van der Waals surface area contributed by atoms with Crippen LogP contribution in [0.2, 0.25) is 0 Å². The smallest absolute Gasteiger partial charge is 0.271 e. The Morgan fingerprint density at radius 2 is 1.78 bits per heavy atom. The fourth-order valence-electron chi connectivity index (χ4n) is 6.05. The summed E-state index contributed by atoms with van der Waals surface area (Å²) >= 11 is 0. The van der Waals surface area contributed by atoms with E-state index >= 15 is 0 Å². The number of imide groups is 1. The fourth-order valence-corrected chi connectivity index (χ4v) is 6.05. The Balaban J connectivity index is 1.42.